The van der Waals surface area contributed by atoms with Gasteiger partial charge < -0.3 is 10.1 Å². The molecule has 7 heteroatoms. The number of nitrogens with one attached hydrogen (secondary N) is 3. The monoisotopic (exact) mass is 445 g/mol. The average molecular weight is 446 g/mol. The topological polar surface area (TPSA) is 96.5 Å². The molecule has 1 atom stereocenters. The Morgan fingerprint density at radius 3 is 1.97 bits per heavy atom. The molecule has 3 rings (SSSR count). The van der Waals surface area contributed by atoms with Gasteiger partial charge in [0.15, 0.2) is 6.10 Å². The molecule has 33 heavy (non-hydrogen) atoms. The summed E-state index contributed by atoms with van der Waals surface area (Å²) in [5.41, 5.74) is 7.75. The van der Waals surface area contributed by atoms with E-state index in [-0.39, 0.29) is 18.7 Å². The third-order valence-electron chi connectivity index (χ3n) is 4.88. The Morgan fingerprint density at radius 1 is 0.727 bits per heavy atom. The van der Waals surface area contributed by atoms with Gasteiger partial charge in [0, 0.05) is 19.4 Å². The van der Waals surface area contributed by atoms with E-state index in [4.69, 9.17) is 4.74 Å². The number of benzene rings is 3. The standard InChI is InChI=1S/C26H27N3O4/c1-19(33-23-14-12-22(13-15-23)21-10-6-3-7-11-21)26(32)29-28-25(31)17-16-24(30)27-18-20-8-4-2-5-9-20/h2-15,19H,16-18H2,1H3,(H,27,30)(H,28,31)(H,29,32). The van der Waals surface area contributed by atoms with Gasteiger partial charge in [-0.1, -0.05) is 72.8 Å². The molecule has 7 nitrogen and oxygen atoms in total. The van der Waals surface area contributed by atoms with Gasteiger partial charge in [-0.3, -0.25) is 25.2 Å². The van der Waals surface area contributed by atoms with E-state index in [1.807, 2.05) is 72.8 Å². The molecule has 3 aromatic rings. The fourth-order valence-corrected chi connectivity index (χ4v) is 3.02. The maximum atomic E-state index is 12.2. The van der Waals surface area contributed by atoms with Crippen molar-refractivity contribution in [3.63, 3.8) is 0 Å². The number of carbonyl (C=O) groups excluding carboxylic acids is 3. The first kappa shape index (κ1) is 23.5. The number of amides is 3. The molecule has 0 aliphatic heterocycles. The lowest BCUT2D eigenvalue weighted by molar-refractivity contribution is -0.133. The van der Waals surface area contributed by atoms with Gasteiger partial charge in [-0.2, -0.15) is 0 Å². The van der Waals surface area contributed by atoms with E-state index in [1.165, 1.54) is 0 Å². The third kappa shape index (κ3) is 7.81. The van der Waals surface area contributed by atoms with Crippen LogP contribution in [0.25, 0.3) is 11.1 Å². The van der Waals surface area contributed by atoms with Crippen molar-refractivity contribution < 1.29 is 19.1 Å². The van der Waals surface area contributed by atoms with Crippen LogP contribution in [0.4, 0.5) is 0 Å². The molecular weight excluding hydrogens is 418 g/mol. The predicted molar refractivity (Wildman–Crippen MR) is 126 cm³/mol. The molecule has 0 fully saturated rings. The Labute approximate surface area is 193 Å². The highest BCUT2D eigenvalue weighted by molar-refractivity contribution is 5.87. The van der Waals surface area contributed by atoms with Gasteiger partial charge in [-0.05, 0) is 35.7 Å². The second-order valence-electron chi connectivity index (χ2n) is 7.45. The summed E-state index contributed by atoms with van der Waals surface area (Å²) >= 11 is 0. The van der Waals surface area contributed by atoms with E-state index in [2.05, 4.69) is 16.2 Å². The quantitative estimate of drug-likeness (QED) is 0.440. The van der Waals surface area contributed by atoms with Crippen molar-refractivity contribution >= 4 is 17.7 Å². The van der Waals surface area contributed by atoms with Gasteiger partial charge in [0.2, 0.25) is 11.8 Å². The zero-order valence-corrected chi connectivity index (χ0v) is 18.4. The van der Waals surface area contributed by atoms with Crippen molar-refractivity contribution in [3.8, 4) is 16.9 Å². The summed E-state index contributed by atoms with van der Waals surface area (Å²) in [6.07, 6.45) is -0.840. The fraction of sp³-hybridized carbons (Fsp3) is 0.192. The van der Waals surface area contributed by atoms with Crippen LogP contribution < -0.4 is 20.9 Å². The molecule has 0 radical (unpaired) electrons. The number of carbonyl (C=O) groups is 3. The molecule has 170 valence electrons. The molecule has 1 unspecified atom stereocenters. The zero-order chi connectivity index (χ0) is 23.5. The second kappa shape index (κ2) is 12.0. The van der Waals surface area contributed by atoms with Crippen LogP contribution in [0.5, 0.6) is 5.75 Å². The van der Waals surface area contributed by atoms with Crippen molar-refractivity contribution in [1.29, 1.82) is 0 Å². The van der Waals surface area contributed by atoms with Crippen molar-refractivity contribution in [2.24, 2.45) is 0 Å². The van der Waals surface area contributed by atoms with E-state index in [9.17, 15) is 14.4 Å². The lowest BCUT2D eigenvalue weighted by atomic mass is 10.1. The molecule has 0 spiro atoms. The second-order valence-corrected chi connectivity index (χ2v) is 7.45. The molecule has 3 aromatic carbocycles. The summed E-state index contributed by atoms with van der Waals surface area (Å²) in [5.74, 6) is -0.656. The highest BCUT2D eigenvalue weighted by Crippen LogP contribution is 2.22. The summed E-state index contributed by atoms with van der Waals surface area (Å²) < 4.78 is 5.64. The highest BCUT2D eigenvalue weighted by Gasteiger charge is 2.16. The fourth-order valence-electron chi connectivity index (χ4n) is 3.02. The predicted octanol–water partition coefficient (Wildman–Crippen LogP) is 3.36. The minimum Gasteiger partial charge on any atom is -0.481 e. The van der Waals surface area contributed by atoms with Crippen molar-refractivity contribution in [2.75, 3.05) is 0 Å². The van der Waals surface area contributed by atoms with Crippen LogP contribution in [0.15, 0.2) is 84.9 Å². The summed E-state index contributed by atoms with van der Waals surface area (Å²) in [5, 5.41) is 2.75. The van der Waals surface area contributed by atoms with Crippen molar-refractivity contribution in [2.45, 2.75) is 32.4 Å². The molecule has 0 saturated carbocycles. The molecular formula is C26H27N3O4. The maximum Gasteiger partial charge on any atom is 0.279 e. The Kier molecular flexibility index (Phi) is 8.59. The zero-order valence-electron chi connectivity index (χ0n) is 18.4. The third-order valence-corrected chi connectivity index (χ3v) is 4.88. The smallest absolute Gasteiger partial charge is 0.279 e. The molecule has 3 N–H and O–H groups in total. The largest absolute Gasteiger partial charge is 0.481 e. The van der Waals surface area contributed by atoms with Gasteiger partial charge >= 0.3 is 0 Å². The van der Waals surface area contributed by atoms with Gasteiger partial charge in [0.25, 0.3) is 5.91 Å². The number of ether oxygens (including phenoxy) is 1. The van der Waals surface area contributed by atoms with E-state index in [0.29, 0.717) is 12.3 Å². The van der Waals surface area contributed by atoms with Gasteiger partial charge in [-0.15, -0.1) is 0 Å². The summed E-state index contributed by atoms with van der Waals surface area (Å²) in [4.78, 5) is 36.0. The molecule has 0 aliphatic carbocycles. The number of rotatable bonds is 9. The average Bonchev–Trinajstić information content (AvgIpc) is 2.86. The minimum atomic E-state index is -0.818. The van der Waals surface area contributed by atoms with Crippen LogP contribution in [-0.2, 0) is 20.9 Å². The normalized spacial score (nSPS) is 11.2. The van der Waals surface area contributed by atoms with Crippen LogP contribution in [0.3, 0.4) is 0 Å². The molecule has 0 saturated heterocycles. The lowest BCUT2D eigenvalue weighted by Crippen LogP contribution is -2.47. The van der Waals surface area contributed by atoms with Gasteiger partial charge in [0.1, 0.15) is 5.75 Å². The Bertz CT molecular complexity index is 1050. The number of hydrogen-bond acceptors (Lipinski definition) is 4. The molecule has 0 heterocycles. The molecule has 0 bridgehead atoms. The van der Waals surface area contributed by atoms with E-state index in [1.54, 1.807) is 19.1 Å². The Balaban J connectivity index is 1.35. The summed E-state index contributed by atoms with van der Waals surface area (Å²) in [6, 6.07) is 26.8. The van der Waals surface area contributed by atoms with Gasteiger partial charge in [0.05, 0.1) is 0 Å². The summed E-state index contributed by atoms with van der Waals surface area (Å²) in [7, 11) is 0. The highest BCUT2D eigenvalue weighted by atomic mass is 16.5. The first-order valence-electron chi connectivity index (χ1n) is 10.7. The van der Waals surface area contributed by atoms with Crippen LogP contribution in [0, 0.1) is 0 Å². The maximum absolute atomic E-state index is 12.2. The van der Waals surface area contributed by atoms with Crippen LogP contribution in [0.2, 0.25) is 0 Å². The van der Waals surface area contributed by atoms with Crippen LogP contribution >= 0.6 is 0 Å². The van der Waals surface area contributed by atoms with E-state index in [0.717, 1.165) is 16.7 Å². The summed E-state index contributed by atoms with van der Waals surface area (Å²) in [6.45, 7) is 1.99. The van der Waals surface area contributed by atoms with Gasteiger partial charge in [-0.25, -0.2) is 0 Å². The SMILES string of the molecule is CC(Oc1ccc(-c2ccccc2)cc1)C(=O)NNC(=O)CCC(=O)NCc1ccccc1. The first-order valence-corrected chi connectivity index (χ1v) is 10.7. The Morgan fingerprint density at radius 2 is 1.30 bits per heavy atom. The molecule has 3 amide bonds. The number of hydrogen-bond donors (Lipinski definition) is 3. The number of hydrazine groups is 1. The Hall–Kier alpha value is -4.13. The van der Waals surface area contributed by atoms with E-state index < -0.39 is 17.9 Å². The first-order chi connectivity index (χ1) is 16.0. The molecule has 0 aliphatic rings. The lowest BCUT2D eigenvalue weighted by Gasteiger charge is -2.15. The van der Waals surface area contributed by atoms with Crippen LogP contribution in [-0.4, -0.2) is 23.8 Å². The van der Waals surface area contributed by atoms with E-state index >= 15 is 0 Å². The van der Waals surface area contributed by atoms with Crippen molar-refractivity contribution in [3.05, 3.63) is 90.5 Å². The van der Waals surface area contributed by atoms with Crippen molar-refractivity contribution in [1.82, 2.24) is 16.2 Å². The minimum absolute atomic E-state index is 0.0222. The molecule has 0 aromatic heterocycles. The van der Waals surface area contributed by atoms with Crippen LogP contribution in [0.1, 0.15) is 25.3 Å².